The van der Waals surface area contributed by atoms with Gasteiger partial charge >= 0.3 is 0 Å². The molecule has 7 heteroatoms. The van der Waals surface area contributed by atoms with Gasteiger partial charge in [0.15, 0.2) is 5.96 Å². The van der Waals surface area contributed by atoms with Crippen LogP contribution < -0.4 is 10.6 Å². The SMILES string of the molecule is CCNC(=NCc1ccccc1-n1ccc(C)n1)NCCc1ccc(Cl)nc1. The number of benzene rings is 1. The van der Waals surface area contributed by atoms with Crippen molar-refractivity contribution in [3.8, 4) is 5.69 Å². The molecule has 0 aliphatic carbocycles. The molecule has 146 valence electrons. The van der Waals surface area contributed by atoms with Crippen molar-refractivity contribution < 1.29 is 0 Å². The number of hydrogen-bond acceptors (Lipinski definition) is 3. The van der Waals surface area contributed by atoms with Crippen LogP contribution in [0.1, 0.15) is 23.7 Å². The molecule has 0 amide bonds. The van der Waals surface area contributed by atoms with Gasteiger partial charge in [0.25, 0.3) is 0 Å². The van der Waals surface area contributed by atoms with E-state index in [4.69, 9.17) is 16.6 Å². The molecule has 3 aromatic rings. The van der Waals surface area contributed by atoms with Gasteiger partial charge in [-0.3, -0.25) is 0 Å². The fourth-order valence-electron chi connectivity index (χ4n) is 2.80. The van der Waals surface area contributed by atoms with Crippen molar-refractivity contribution in [2.75, 3.05) is 13.1 Å². The van der Waals surface area contributed by atoms with E-state index in [0.29, 0.717) is 11.7 Å². The first-order valence-electron chi connectivity index (χ1n) is 9.39. The van der Waals surface area contributed by atoms with Gasteiger partial charge in [-0.1, -0.05) is 35.9 Å². The lowest BCUT2D eigenvalue weighted by atomic mass is 10.2. The Balaban J connectivity index is 1.65. The number of aryl methyl sites for hydroxylation is 1. The van der Waals surface area contributed by atoms with E-state index in [9.17, 15) is 0 Å². The lowest BCUT2D eigenvalue weighted by Crippen LogP contribution is -2.38. The smallest absolute Gasteiger partial charge is 0.191 e. The lowest BCUT2D eigenvalue weighted by molar-refractivity contribution is 0.794. The molecule has 0 spiro atoms. The molecule has 0 unspecified atom stereocenters. The Kier molecular flexibility index (Phi) is 7.03. The predicted octanol–water partition coefficient (Wildman–Crippen LogP) is 3.53. The summed E-state index contributed by atoms with van der Waals surface area (Å²) in [6.07, 6.45) is 4.62. The van der Waals surface area contributed by atoms with Crippen LogP contribution in [0.3, 0.4) is 0 Å². The van der Waals surface area contributed by atoms with E-state index in [2.05, 4.69) is 39.8 Å². The second-order valence-electron chi connectivity index (χ2n) is 6.39. The van der Waals surface area contributed by atoms with E-state index >= 15 is 0 Å². The highest BCUT2D eigenvalue weighted by Gasteiger charge is 2.06. The Morgan fingerprint density at radius 1 is 1.14 bits per heavy atom. The van der Waals surface area contributed by atoms with Crippen LogP contribution in [0, 0.1) is 6.92 Å². The molecule has 3 rings (SSSR count). The number of halogens is 1. The molecule has 0 fully saturated rings. The summed E-state index contributed by atoms with van der Waals surface area (Å²) in [5.74, 6) is 0.788. The summed E-state index contributed by atoms with van der Waals surface area (Å²) in [5.41, 5.74) is 4.28. The molecule has 0 bridgehead atoms. The van der Waals surface area contributed by atoms with Crippen molar-refractivity contribution in [3.05, 3.63) is 76.8 Å². The van der Waals surface area contributed by atoms with E-state index < -0.39 is 0 Å². The molecule has 0 saturated carbocycles. The minimum Gasteiger partial charge on any atom is -0.357 e. The molecule has 2 N–H and O–H groups in total. The van der Waals surface area contributed by atoms with E-state index in [0.717, 1.165) is 48.0 Å². The molecule has 2 aromatic heterocycles. The minimum atomic E-state index is 0.512. The summed E-state index contributed by atoms with van der Waals surface area (Å²) < 4.78 is 1.90. The molecular weight excluding hydrogens is 372 g/mol. The van der Waals surface area contributed by atoms with Crippen LogP contribution in [0.25, 0.3) is 5.69 Å². The Hall–Kier alpha value is -2.86. The summed E-state index contributed by atoms with van der Waals surface area (Å²) in [6.45, 7) is 6.16. The van der Waals surface area contributed by atoms with E-state index in [1.54, 1.807) is 6.20 Å². The van der Waals surface area contributed by atoms with Gasteiger partial charge in [-0.15, -0.1) is 0 Å². The van der Waals surface area contributed by atoms with Gasteiger partial charge in [-0.2, -0.15) is 5.10 Å². The number of para-hydroxylation sites is 1. The van der Waals surface area contributed by atoms with Crippen LogP contribution in [-0.2, 0) is 13.0 Å². The van der Waals surface area contributed by atoms with Crippen LogP contribution >= 0.6 is 11.6 Å². The summed E-state index contributed by atoms with van der Waals surface area (Å²) in [7, 11) is 0. The number of guanidine groups is 1. The second-order valence-corrected chi connectivity index (χ2v) is 6.78. The Bertz CT molecular complexity index is 917. The zero-order valence-corrected chi connectivity index (χ0v) is 16.9. The van der Waals surface area contributed by atoms with Gasteiger partial charge in [-0.05, 0) is 49.6 Å². The Morgan fingerprint density at radius 2 is 2.00 bits per heavy atom. The predicted molar refractivity (Wildman–Crippen MR) is 114 cm³/mol. The third-order valence-corrected chi connectivity index (χ3v) is 4.43. The van der Waals surface area contributed by atoms with E-state index in [-0.39, 0.29) is 0 Å². The number of nitrogens with zero attached hydrogens (tertiary/aromatic N) is 4. The largest absolute Gasteiger partial charge is 0.357 e. The third-order valence-electron chi connectivity index (χ3n) is 4.21. The van der Waals surface area contributed by atoms with Crippen molar-refractivity contribution in [1.29, 1.82) is 0 Å². The topological polar surface area (TPSA) is 67.1 Å². The molecular formula is C21H25ClN6. The van der Waals surface area contributed by atoms with Gasteiger partial charge in [-0.25, -0.2) is 14.7 Å². The maximum Gasteiger partial charge on any atom is 0.191 e. The molecule has 0 atom stereocenters. The molecule has 6 nitrogen and oxygen atoms in total. The van der Waals surface area contributed by atoms with Crippen LogP contribution in [0.5, 0.6) is 0 Å². The molecule has 28 heavy (non-hydrogen) atoms. The van der Waals surface area contributed by atoms with Gasteiger partial charge < -0.3 is 10.6 Å². The van der Waals surface area contributed by atoms with Crippen molar-refractivity contribution in [1.82, 2.24) is 25.4 Å². The second kappa shape index (κ2) is 9.90. The first kappa shape index (κ1) is 19.9. The Morgan fingerprint density at radius 3 is 2.71 bits per heavy atom. The zero-order valence-electron chi connectivity index (χ0n) is 16.2. The molecule has 0 saturated heterocycles. The maximum atomic E-state index is 5.83. The number of nitrogens with one attached hydrogen (secondary N) is 2. The van der Waals surface area contributed by atoms with Crippen LogP contribution in [0.15, 0.2) is 59.9 Å². The lowest BCUT2D eigenvalue weighted by Gasteiger charge is -2.12. The Labute approximate surface area is 170 Å². The monoisotopic (exact) mass is 396 g/mol. The van der Waals surface area contributed by atoms with E-state index in [1.165, 1.54) is 0 Å². The fourth-order valence-corrected chi connectivity index (χ4v) is 2.91. The standard InChI is InChI=1S/C21H25ClN6/c1-3-23-21(24-12-10-17-8-9-20(22)25-14-17)26-15-18-6-4-5-7-19(18)28-13-11-16(2)27-28/h4-9,11,13-14H,3,10,12,15H2,1-2H3,(H2,23,24,26). The average molecular weight is 397 g/mol. The van der Waals surface area contributed by atoms with Gasteiger partial charge in [0.05, 0.1) is 17.9 Å². The van der Waals surface area contributed by atoms with Crippen molar-refractivity contribution >= 4 is 17.6 Å². The highest BCUT2D eigenvalue weighted by Crippen LogP contribution is 2.15. The first-order valence-corrected chi connectivity index (χ1v) is 9.76. The molecule has 0 radical (unpaired) electrons. The number of hydrogen-bond donors (Lipinski definition) is 2. The first-order chi connectivity index (χ1) is 13.7. The van der Waals surface area contributed by atoms with Gasteiger partial charge in [0, 0.05) is 25.5 Å². The zero-order chi connectivity index (χ0) is 19.8. The number of rotatable bonds is 7. The normalized spacial score (nSPS) is 11.5. The summed E-state index contributed by atoms with van der Waals surface area (Å²) in [4.78, 5) is 8.85. The van der Waals surface area contributed by atoms with Crippen LogP contribution in [0.4, 0.5) is 0 Å². The summed E-state index contributed by atoms with van der Waals surface area (Å²) >= 11 is 5.83. The molecule has 0 aliphatic rings. The number of pyridine rings is 1. The number of aliphatic imine (C=N–C) groups is 1. The minimum absolute atomic E-state index is 0.512. The molecule has 2 heterocycles. The number of aromatic nitrogens is 3. The van der Waals surface area contributed by atoms with Crippen molar-refractivity contribution in [3.63, 3.8) is 0 Å². The quantitative estimate of drug-likeness (QED) is 0.364. The van der Waals surface area contributed by atoms with Gasteiger partial charge in [0.2, 0.25) is 0 Å². The van der Waals surface area contributed by atoms with Gasteiger partial charge in [0.1, 0.15) is 5.15 Å². The highest BCUT2D eigenvalue weighted by atomic mass is 35.5. The van der Waals surface area contributed by atoms with Crippen LogP contribution in [0.2, 0.25) is 5.15 Å². The molecule has 0 aliphatic heterocycles. The highest BCUT2D eigenvalue weighted by molar-refractivity contribution is 6.29. The van der Waals surface area contributed by atoms with Crippen molar-refractivity contribution in [2.24, 2.45) is 4.99 Å². The average Bonchev–Trinajstić information content (AvgIpc) is 3.14. The summed E-state index contributed by atoms with van der Waals surface area (Å²) in [5, 5.41) is 11.7. The van der Waals surface area contributed by atoms with Crippen LogP contribution in [-0.4, -0.2) is 33.8 Å². The maximum absolute atomic E-state index is 5.83. The van der Waals surface area contributed by atoms with E-state index in [1.807, 2.05) is 48.1 Å². The van der Waals surface area contributed by atoms with Crippen molar-refractivity contribution in [2.45, 2.75) is 26.8 Å². The molecule has 1 aromatic carbocycles. The summed E-state index contributed by atoms with van der Waals surface area (Å²) in [6, 6.07) is 14.0. The fraction of sp³-hybridized carbons (Fsp3) is 0.286. The third kappa shape index (κ3) is 5.57.